The number of hydrogen-bond acceptors (Lipinski definition) is 7. The van der Waals surface area contributed by atoms with Gasteiger partial charge in [-0.05, 0) is 47.4 Å². The SMILES string of the molecule is NCc1cc(-c2ccccc2)c2c(c1O)C(=O)C1=C(O)C3C(=O)C(C(N)=O)=C(O)C[C@@H]3C[C@@H]1C2. The zero-order chi connectivity index (χ0) is 24.3. The van der Waals surface area contributed by atoms with Crippen molar-refractivity contribution in [1.82, 2.24) is 0 Å². The third kappa shape index (κ3) is 3.06. The lowest BCUT2D eigenvalue weighted by Gasteiger charge is -2.41. The number of ketones is 2. The first-order chi connectivity index (χ1) is 16.2. The number of amides is 1. The maximum atomic E-state index is 13.7. The quantitative estimate of drug-likeness (QED) is 0.439. The van der Waals surface area contributed by atoms with E-state index < -0.39 is 46.6 Å². The Kier molecular flexibility index (Phi) is 5.06. The standard InChI is InChI=1S/C26H24N2O6/c27-10-14-8-15(11-4-2-1-3-5-11)16-7-12-6-13-9-17(29)21(26(28)34)25(33)19(13)23(31)18(12)24(32)20(16)22(14)30/h1-5,8,12-13,19,29-31H,6-7,9-10,27H2,(H2,28,34)/t12-,13+,19?/m1/s1. The molecule has 0 aromatic heterocycles. The van der Waals surface area contributed by atoms with E-state index in [1.165, 1.54) is 0 Å². The fourth-order valence-electron chi connectivity index (χ4n) is 5.79. The number of aliphatic hydroxyl groups is 2. The Morgan fingerprint density at radius 3 is 2.41 bits per heavy atom. The van der Waals surface area contributed by atoms with Crippen LogP contribution in [-0.2, 0) is 22.6 Å². The van der Waals surface area contributed by atoms with Crippen LogP contribution in [-0.4, -0.2) is 32.8 Å². The number of phenolic OH excluding ortho intramolecular Hbond substituents is 1. The van der Waals surface area contributed by atoms with Gasteiger partial charge in [-0.2, -0.15) is 0 Å². The topological polar surface area (TPSA) is 164 Å². The number of fused-ring (bicyclic) bond motifs is 3. The molecule has 3 atom stereocenters. The van der Waals surface area contributed by atoms with Crippen LogP contribution in [0.4, 0.5) is 0 Å². The van der Waals surface area contributed by atoms with Crippen LogP contribution >= 0.6 is 0 Å². The van der Waals surface area contributed by atoms with E-state index in [-0.39, 0.29) is 35.6 Å². The summed E-state index contributed by atoms with van der Waals surface area (Å²) >= 11 is 0. The molecule has 3 aliphatic carbocycles. The lowest BCUT2D eigenvalue weighted by atomic mass is 9.62. The number of allylic oxidation sites excluding steroid dienone is 3. The van der Waals surface area contributed by atoms with Gasteiger partial charge >= 0.3 is 0 Å². The average Bonchev–Trinajstić information content (AvgIpc) is 2.79. The van der Waals surface area contributed by atoms with Crippen LogP contribution in [0.2, 0.25) is 0 Å². The van der Waals surface area contributed by atoms with Crippen molar-refractivity contribution in [2.24, 2.45) is 29.2 Å². The smallest absolute Gasteiger partial charge is 0.255 e. The van der Waals surface area contributed by atoms with Gasteiger partial charge in [0.15, 0.2) is 11.6 Å². The predicted octanol–water partition coefficient (Wildman–Crippen LogP) is 2.59. The number of Topliss-reactive ketones (excluding diaryl/α,β-unsaturated/α-hetero) is 2. The molecule has 0 bridgehead atoms. The molecule has 8 heteroatoms. The number of nitrogens with two attached hydrogens (primary N) is 2. The van der Waals surface area contributed by atoms with Gasteiger partial charge in [-0.1, -0.05) is 30.3 Å². The number of phenols is 1. The van der Waals surface area contributed by atoms with Gasteiger partial charge in [-0.15, -0.1) is 0 Å². The van der Waals surface area contributed by atoms with Crippen molar-refractivity contribution in [3.8, 4) is 16.9 Å². The molecular weight excluding hydrogens is 436 g/mol. The Hall–Kier alpha value is -3.91. The molecule has 7 N–H and O–H groups in total. The maximum Gasteiger partial charge on any atom is 0.255 e. The van der Waals surface area contributed by atoms with Gasteiger partial charge in [0.25, 0.3) is 5.91 Å². The molecule has 2 aromatic rings. The summed E-state index contributed by atoms with van der Waals surface area (Å²) in [7, 11) is 0. The summed E-state index contributed by atoms with van der Waals surface area (Å²) in [5.74, 6) is -5.46. The Morgan fingerprint density at radius 2 is 1.76 bits per heavy atom. The molecule has 174 valence electrons. The Balaban J connectivity index is 1.69. The van der Waals surface area contributed by atoms with E-state index >= 15 is 0 Å². The van der Waals surface area contributed by atoms with E-state index in [1.807, 2.05) is 30.3 Å². The number of carbonyl (C=O) groups is 3. The van der Waals surface area contributed by atoms with Crippen LogP contribution < -0.4 is 11.5 Å². The summed E-state index contributed by atoms with van der Waals surface area (Å²) in [5, 5.41) is 32.3. The van der Waals surface area contributed by atoms with Gasteiger partial charge in [0.2, 0.25) is 0 Å². The van der Waals surface area contributed by atoms with Crippen LogP contribution in [0.3, 0.4) is 0 Å². The number of benzene rings is 2. The van der Waals surface area contributed by atoms with Crippen molar-refractivity contribution >= 4 is 17.5 Å². The van der Waals surface area contributed by atoms with Crippen molar-refractivity contribution in [3.63, 3.8) is 0 Å². The molecule has 1 amide bonds. The molecule has 0 saturated carbocycles. The average molecular weight is 460 g/mol. The van der Waals surface area contributed by atoms with Gasteiger partial charge < -0.3 is 26.8 Å². The van der Waals surface area contributed by atoms with E-state index in [1.54, 1.807) is 6.07 Å². The van der Waals surface area contributed by atoms with Gasteiger partial charge in [-0.3, -0.25) is 14.4 Å². The summed E-state index contributed by atoms with van der Waals surface area (Å²) in [6.07, 6.45) is 0.713. The first kappa shape index (κ1) is 21.9. The number of aliphatic hydroxyl groups excluding tert-OH is 2. The van der Waals surface area contributed by atoms with Gasteiger partial charge in [-0.25, -0.2) is 0 Å². The highest BCUT2D eigenvalue weighted by Gasteiger charge is 2.50. The van der Waals surface area contributed by atoms with Crippen LogP contribution in [0.15, 0.2) is 59.1 Å². The van der Waals surface area contributed by atoms with E-state index in [2.05, 4.69) is 0 Å². The molecule has 1 unspecified atom stereocenters. The number of hydrogen-bond donors (Lipinski definition) is 5. The second-order valence-corrected chi connectivity index (χ2v) is 9.11. The van der Waals surface area contributed by atoms with Gasteiger partial charge in [0.1, 0.15) is 22.8 Å². The molecule has 34 heavy (non-hydrogen) atoms. The highest BCUT2D eigenvalue weighted by Crippen LogP contribution is 2.51. The lowest BCUT2D eigenvalue weighted by molar-refractivity contribution is -0.126. The van der Waals surface area contributed by atoms with E-state index in [0.717, 1.165) is 11.1 Å². The molecule has 0 spiro atoms. The van der Waals surface area contributed by atoms with Crippen LogP contribution in [0, 0.1) is 17.8 Å². The number of aromatic hydroxyl groups is 1. The first-order valence-electron chi connectivity index (χ1n) is 11.1. The van der Waals surface area contributed by atoms with Crippen molar-refractivity contribution < 1.29 is 29.7 Å². The third-order valence-electron chi connectivity index (χ3n) is 7.27. The summed E-state index contributed by atoms with van der Waals surface area (Å²) < 4.78 is 0. The molecule has 0 fully saturated rings. The van der Waals surface area contributed by atoms with E-state index in [0.29, 0.717) is 24.0 Å². The molecule has 0 aliphatic heterocycles. The fourth-order valence-corrected chi connectivity index (χ4v) is 5.79. The molecule has 3 aliphatic rings. The molecule has 0 radical (unpaired) electrons. The first-order valence-corrected chi connectivity index (χ1v) is 11.1. The second-order valence-electron chi connectivity index (χ2n) is 9.11. The Morgan fingerprint density at radius 1 is 1.06 bits per heavy atom. The van der Waals surface area contributed by atoms with Crippen molar-refractivity contribution in [1.29, 1.82) is 0 Å². The molecule has 0 saturated heterocycles. The van der Waals surface area contributed by atoms with E-state index in [4.69, 9.17) is 11.5 Å². The monoisotopic (exact) mass is 460 g/mol. The summed E-state index contributed by atoms with van der Waals surface area (Å²) in [4.78, 5) is 38.4. The third-order valence-corrected chi connectivity index (χ3v) is 7.27. The minimum atomic E-state index is -1.14. The number of rotatable bonds is 3. The van der Waals surface area contributed by atoms with Crippen molar-refractivity contribution in [3.05, 3.63) is 75.8 Å². The zero-order valence-corrected chi connectivity index (χ0v) is 18.2. The molecular formula is C26H24N2O6. The summed E-state index contributed by atoms with van der Waals surface area (Å²) in [6, 6.07) is 11.2. The van der Waals surface area contributed by atoms with Gasteiger partial charge in [0.05, 0.1) is 11.5 Å². The van der Waals surface area contributed by atoms with Crippen LogP contribution in [0.1, 0.15) is 34.3 Å². The largest absolute Gasteiger partial charge is 0.511 e. The Labute approximate surface area is 195 Å². The van der Waals surface area contributed by atoms with Crippen molar-refractivity contribution in [2.75, 3.05) is 0 Å². The minimum absolute atomic E-state index is 0.00642. The van der Waals surface area contributed by atoms with Crippen molar-refractivity contribution in [2.45, 2.75) is 25.8 Å². The fraction of sp³-hybridized carbons (Fsp3) is 0.269. The van der Waals surface area contributed by atoms with Crippen LogP contribution in [0.5, 0.6) is 5.75 Å². The Bertz CT molecular complexity index is 1320. The minimum Gasteiger partial charge on any atom is -0.511 e. The molecule has 5 rings (SSSR count). The predicted molar refractivity (Wildman–Crippen MR) is 123 cm³/mol. The number of carbonyl (C=O) groups excluding carboxylic acids is 3. The highest BCUT2D eigenvalue weighted by molar-refractivity contribution is 6.22. The van der Waals surface area contributed by atoms with E-state index in [9.17, 15) is 29.7 Å². The molecule has 8 nitrogen and oxygen atoms in total. The summed E-state index contributed by atoms with van der Waals surface area (Å²) in [6.45, 7) is 0.00983. The molecule has 0 heterocycles. The van der Waals surface area contributed by atoms with Gasteiger partial charge in [0, 0.05) is 24.1 Å². The highest BCUT2D eigenvalue weighted by atomic mass is 16.3. The number of primary amides is 1. The maximum absolute atomic E-state index is 13.7. The lowest BCUT2D eigenvalue weighted by Crippen LogP contribution is -2.43. The molecule has 2 aromatic carbocycles. The van der Waals surface area contributed by atoms with Crippen LogP contribution in [0.25, 0.3) is 11.1 Å². The second kappa shape index (κ2) is 7.85. The summed E-state index contributed by atoms with van der Waals surface area (Å²) in [5.41, 5.74) is 13.4. The normalized spacial score (nSPS) is 24.0. The zero-order valence-electron chi connectivity index (χ0n) is 18.2.